The third-order valence-electron chi connectivity index (χ3n) is 6.08. The van der Waals surface area contributed by atoms with Crippen molar-refractivity contribution in [2.75, 3.05) is 20.3 Å². The first-order valence-corrected chi connectivity index (χ1v) is 15.7. The lowest BCUT2D eigenvalue weighted by atomic mass is 10.1. The summed E-state index contributed by atoms with van der Waals surface area (Å²) in [6.45, 7) is 4.24. The molecule has 0 radical (unpaired) electrons. The van der Waals surface area contributed by atoms with Crippen molar-refractivity contribution >= 4 is 56.6 Å². The van der Waals surface area contributed by atoms with Gasteiger partial charge in [-0.15, -0.1) is 0 Å². The summed E-state index contributed by atoms with van der Waals surface area (Å²) in [5.41, 5.74) is 0.634. The number of halogens is 1. The molecule has 1 aliphatic rings. The van der Waals surface area contributed by atoms with E-state index in [4.69, 9.17) is 18.4 Å². The van der Waals surface area contributed by atoms with Crippen LogP contribution in [0.1, 0.15) is 31.4 Å². The summed E-state index contributed by atoms with van der Waals surface area (Å²) in [5.74, 6) is -0.648. The predicted molar refractivity (Wildman–Crippen MR) is 165 cm³/mol. The van der Waals surface area contributed by atoms with E-state index < -0.39 is 28.0 Å². The molecule has 1 fully saturated rings. The minimum atomic E-state index is -4.17. The Morgan fingerprint density at radius 1 is 0.930 bits per heavy atom. The summed E-state index contributed by atoms with van der Waals surface area (Å²) in [6, 6.07) is 14.8. The van der Waals surface area contributed by atoms with Crippen LogP contribution in [-0.4, -0.2) is 51.5 Å². The molecule has 0 saturated carbocycles. The van der Waals surface area contributed by atoms with E-state index >= 15 is 0 Å². The highest BCUT2D eigenvalue weighted by Gasteiger charge is 2.36. The Bertz CT molecular complexity index is 1670. The third kappa shape index (κ3) is 7.46. The molecule has 1 N–H and O–H groups in total. The van der Waals surface area contributed by atoms with Gasteiger partial charge in [0.1, 0.15) is 10.5 Å². The molecular formula is C30H29IN2O9S. The first kappa shape index (κ1) is 31.8. The SMILES string of the molecule is CCCOc1ccc(CN2C(=O)NC(=O)/C(=C\c3cc(I)c(OS(=O)(=O)c4ccccc4)c(OCC)c3)C2=O)cc1OC. The van der Waals surface area contributed by atoms with Gasteiger partial charge in [-0.25, -0.2) is 4.79 Å². The average Bonchev–Trinajstić information content (AvgIpc) is 2.99. The van der Waals surface area contributed by atoms with Gasteiger partial charge in [0.15, 0.2) is 23.0 Å². The van der Waals surface area contributed by atoms with Crippen molar-refractivity contribution in [3.8, 4) is 23.0 Å². The van der Waals surface area contributed by atoms with Gasteiger partial charge in [0, 0.05) is 0 Å². The topological polar surface area (TPSA) is 138 Å². The van der Waals surface area contributed by atoms with Gasteiger partial charge in [-0.2, -0.15) is 8.42 Å². The van der Waals surface area contributed by atoms with Crippen LogP contribution in [-0.2, 0) is 26.3 Å². The molecule has 0 unspecified atom stereocenters. The van der Waals surface area contributed by atoms with E-state index in [1.807, 2.05) is 29.5 Å². The highest BCUT2D eigenvalue weighted by atomic mass is 127. The third-order valence-corrected chi connectivity index (χ3v) is 8.12. The van der Waals surface area contributed by atoms with E-state index in [1.165, 1.54) is 37.5 Å². The van der Waals surface area contributed by atoms with Gasteiger partial charge in [-0.1, -0.05) is 31.2 Å². The van der Waals surface area contributed by atoms with Gasteiger partial charge in [0.25, 0.3) is 11.8 Å². The van der Waals surface area contributed by atoms with Crippen LogP contribution in [0.3, 0.4) is 0 Å². The minimum Gasteiger partial charge on any atom is -0.493 e. The second-order valence-corrected chi connectivity index (χ2v) is 11.9. The van der Waals surface area contributed by atoms with Crippen LogP contribution in [0.5, 0.6) is 23.0 Å². The number of carbonyl (C=O) groups excluding carboxylic acids is 3. The summed E-state index contributed by atoms with van der Waals surface area (Å²) >= 11 is 1.88. The number of barbiturate groups is 1. The van der Waals surface area contributed by atoms with E-state index in [9.17, 15) is 22.8 Å². The van der Waals surface area contributed by atoms with Crippen LogP contribution in [0.4, 0.5) is 4.79 Å². The van der Waals surface area contributed by atoms with Crippen LogP contribution in [0.2, 0.25) is 0 Å². The molecule has 226 valence electrons. The number of hydrogen-bond donors (Lipinski definition) is 1. The first-order valence-electron chi connectivity index (χ1n) is 13.2. The molecule has 0 bridgehead atoms. The lowest BCUT2D eigenvalue weighted by Gasteiger charge is -2.26. The maximum Gasteiger partial charge on any atom is 0.339 e. The fraction of sp³-hybridized carbons (Fsp3) is 0.233. The highest BCUT2D eigenvalue weighted by molar-refractivity contribution is 14.1. The zero-order valence-corrected chi connectivity index (χ0v) is 26.6. The van der Waals surface area contributed by atoms with E-state index in [0.29, 0.717) is 32.8 Å². The molecule has 0 aliphatic carbocycles. The lowest BCUT2D eigenvalue weighted by Crippen LogP contribution is -2.53. The Morgan fingerprint density at radius 3 is 2.35 bits per heavy atom. The second kappa shape index (κ2) is 13.9. The van der Waals surface area contributed by atoms with Crippen LogP contribution in [0.15, 0.2) is 71.1 Å². The maximum absolute atomic E-state index is 13.4. The molecule has 3 aromatic carbocycles. The number of amides is 4. The molecule has 4 rings (SSSR count). The van der Waals surface area contributed by atoms with E-state index in [1.54, 1.807) is 43.3 Å². The Hall–Kier alpha value is -4.11. The summed E-state index contributed by atoms with van der Waals surface area (Å²) in [5, 5.41) is 2.20. The molecule has 1 saturated heterocycles. The van der Waals surface area contributed by atoms with Crippen molar-refractivity contribution in [2.45, 2.75) is 31.7 Å². The summed E-state index contributed by atoms with van der Waals surface area (Å²) < 4.78 is 48.3. The Balaban J connectivity index is 1.64. The van der Waals surface area contributed by atoms with Gasteiger partial charge in [0.2, 0.25) is 0 Å². The van der Waals surface area contributed by atoms with Gasteiger partial charge < -0.3 is 18.4 Å². The normalized spacial score (nSPS) is 14.5. The summed E-state index contributed by atoms with van der Waals surface area (Å²) in [7, 11) is -2.68. The minimum absolute atomic E-state index is 0.0329. The molecule has 3 aromatic rings. The van der Waals surface area contributed by atoms with Crippen molar-refractivity contribution in [3.63, 3.8) is 0 Å². The number of ether oxygens (including phenoxy) is 3. The number of urea groups is 1. The van der Waals surface area contributed by atoms with Gasteiger partial charge in [-0.3, -0.25) is 19.8 Å². The Labute approximate surface area is 263 Å². The molecule has 0 aromatic heterocycles. The van der Waals surface area contributed by atoms with Crippen LogP contribution in [0.25, 0.3) is 6.08 Å². The van der Waals surface area contributed by atoms with Crippen molar-refractivity contribution in [3.05, 3.63) is 80.9 Å². The second-order valence-electron chi connectivity index (χ2n) is 9.16. The molecule has 43 heavy (non-hydrogen) atoms. The Kier molecular flexibility index (Phi) is 10.3. The van der Waals surface area contributed by atoms with Crippen LogP contribution < -0.4 is 23.7 Å². The van der Waals surface area contributed by atoms with Gasteiger partial charge in [0.05, 0.1) is 30.4 Å². The zero-order valence-electron chi connectivity index (χ0n) is 23.6. The fourth-order valence-electron chi connectivity index (χ4n) is 4.09. The number of rotatable bonds is 12. The molecule has 11 nitrogen and oxygen atoms in total. The number of carbonyl (C=O) groups is 3. The molecule has 4 amide bonds. The van der Waals surface area contributed by atoms with Crippen molar-refractivity contribution in [1.29, 1.82) is 0 Å². The standard InChI is InChI=1S/C30H29IN2O9S/c1-4-13-41-24-12-11-19(16-25(24)39-3)18-33-29(35)22(28(34)32-30(33)36)14-20-15-23(31)27(26(17-20)40-5-2)42-43(37,38)21-9-7-6-8-10-21/h6-12,14-17H,4-5,13,18H2,1-3H3,(H,32,34,36)/b22-14+. The van der Waals surface area contributed by atoms with Crippen molar-refractivity contribution < 1.29 is 41.2 Å². The van der Waals surface area contributed by atoms with Crippen LogP contribution in [0, 0.1) is 3.57 Å². The molecule has 1 aliphatic heterocycles. The first-order chi connectivity index (χ1) is 20.6. The number of nitrogens with one attached hydrogen (secondary N) is 1. The van der Waals surface area contributed by atoms with Gasteiger partial charge >= 0.3 is 16.1 Å². The number of hydrogen-bond acceptors (Lipinski definition) is 9. The lowest BCUT2D eigenvalue weighted by molar-refractivity contribution is -0.130. The summed E-state index contributed by atoms with van der Waals surface area (Å²) in [6.07, 6.45) is 2.11. The molecule has 0 atom stereocenters. The smallest absolute Gasteiger partial charge is 0.339 e. The number of benzene rings is 3. The maximum atomic E-state index is 13.4. The fourth-order valence-corrected chi connectivity index (χ4v) is 5.95. The monoisotopic (exact) mass is 720 g/mol. The van der Waals surface area contributed by atoms with E-state index in [-0.39, 0.29) is 35.1 Å². The van der Waals surface area contributed by atoms with Crippen molar-refractivity contribution in [1.82, 2.24) is 10.2 Å². The predicted octanol–water partition coefficient (Wildman–Crippen LogP) is 4.92. The molecule has 1 heterocycles. The average molecular weight is 721 g/mol. The number of imide groups is 2. The zero-order chi connectivity index (χ0) is 31.1. The molecular weight excluding hydrogens is 691 g/mol. The summed E-state index contributed by atoms with van der Waals surface area (Å²) in [4.78, 5) is 39.7. The molecule has 0 spiro atoms. The highest BCUT2D eigenvalue weighted by Crippen LogP contribution is 2.37. The quantitative estimate of drug-likeness (QED) is 0.120. The van der Waals surface area contributed by atoms with E-state index in [2.05, 4.69) is 5.32 Å². The largest absolute Gasteiger partial charge is 0.493 e. The van der Waals surface area contributed by atoms with Crippen molar-refractivity contribution in [2.24, 2.45) is 0 Å². The number of nitrogens with zero attached hydrogens (tertiary/aromatic N) is 1. The van der Waals surface area contributed by atoms with E-state index in [0.717, 1.165) is 11.3 Å². The van der Waals surface area contributed by atoms with Crippen LogP contribution >= 0.6 is 22.6 Å². The Morgan fingerprint density at radius 2 is 1.67 bits per heavy atom. The van der Waals surface area contributed by atoms with Gasteiger partial charge in [-0.05, 0) is 89.5 Å². The molecule has 13 heteroatoms. The number of methoxy groups -OCH3 is 1.